The summed E-state index contributed by atoms with van der Waals surface area (Å²) in [7, 11) is 1.60. The number of rotatable bonds is 6. The number of amides is 1. The third kappa shape index (κ3) is 3.70. The van der Waals surface area contributed by atoms with Gasteiger partial charge in [-0.05, 0) is 25.0 Å². The van der Waals surface area contributed by atoms with Crippen molar-refractivity contribution in [2.24, 2.45) is 0 Å². The average molecular weight is 280 g/mol. The zero-order valence-corrected chi connectivity index (χ0v) is 11.7. The summed E-state index contributed by atoms with van der Waals surface area (Å²) in [6.45, 7) is 0.940. The van der Waals surface area contributed by atoms with Gasteiger partial charge in [-0.3, -0.25) is 4.79 Å². The van der Waals surface area contributed by atoms with Crippen molar-refractivity contribution in [2.45, 2.75) is 31.8 Å². The molecule has 1 aromatic carbocycles. The van der Waals surface area contributed by atoms with Crippen molar-refractivity contribution in [1.29, 1.82) is 0 Å². The Kier molecular flexibility index (Phi) is 5.35. The van der Waals surface area contributed by atoms with Crippen molar-refractivity contribution in [3.63, 3.8) is 0 Å². The van der Waals surface area contributed by atoms with Gasteiger partial charge in [-0.1, -0.05) is 18.9 Å². The second-order valence-electron chi connectivity index (χ2n) is 4.95. The maximum absolute atomic E-state index is 13.5. The van der Waals surface area contributed by atoms with Gasteiger partial charge in [-0.2, -0.15) is 0 Å². The molecule has 1 saturated carbocycles. The zero-order chi connectivity index (χ0) is 14.4. The van der Waals surface area contributed by atoms with E-state index in [1.54, 1.807) is 13.1 Å². The number of carbonyl (C=O) groups is 1. The van der Waals surface area contributed by atoms with E-state index in [4.69, 9.17) is 4.74 Å². The van der Waals surface area contributed by atoms with Gasteiger partial charge in [0, 0.05) is 13.6 Å². The Balaban J connectivity index is 1.81. The van der Waals surface area contributed by atoms with Crippen LogP contribution < -0.4 is 10.6 Å². The first-order chi connectivity index (χ1) is 9.72. The van der Waals surface area contributed by atoms with E-state index in [1.165, 1.54) is 25.0 Å². The molecule has 0 spiro atoms. The molecule has 4 nitrogen and oxygen atoms in total. The van der Waals surface area contributed by atoms with Crippen LogP contribution in [0.4, 0.5) is 10.1 Å². The average Bonchev–Trinajstić information content (AvgIpc) is 2.96. The number of para-hydroxylation sites is 1. The van der Waals surface area contributed by atoms with Gasteiger partial charge in [0.05, 0.1) is 24.0 Å². The van der Waals surface area contributed by atoms with Crippen molar-refractivity contribution in [2.75, 3.05) is 25.5 Å². The summed E-state index contributed by atoms with van der Waals surface area (Å²) in [6, 6.07) is 4.45. The summed E-state index contributed by atoms with van der Waals surface area (Å²) in [5.74, 6) is -0.716. The maximum atomic E-state index is 13.5. The lowest BCUT2D eigenvalue weighted by molar-refractivity contribution is 0.0582. The normalized spacial score (nSPS) is 15.3. The van der Waals surface area contributed by atoms with Gasteiger partial charge in [-0.15, -0.1) is 0 Å². The van der Waals surface area contributed by atoms with Crippen LogP contribution in [-0.2, 0) is 4.74 Å². The van der Waals surface area contributed by atoms with Crippen LogP contribution in [0.5, 0.6) is 0 Å². The highest BCUT2D eigenvalue weighted by Crippen LogP contribution is 2.21. The summed E-state index contributed by atoms with van der Waals surface area (Å²) in [6.07, 6.45) is 5.02. The monoisotopic (exact) mass is 280 g/mol. The number of benzene rings is 1. The molecule has 0 unspecified atom stereocenters. The lowest BCUT2D eigenvalue weighted by atomic mass is 10.1. The fourth-order valence-electron chi connectivity index (χ4n) is 2.51. The molecule has 0 bridgehead atoms. The van der Waals surface area contributed by atoms with Crippen LogP contribution in [0.15, 0.2) is 18.2 Å². The first-order valence-corrected chi connectivity index (χ1v) is 7.08. The van der Waals surface area contributed by atoms with Crippen LogP contribution in [0.1, 0.15) is 36.0 Å². The molecule has 0 aliphatic heterocycles. The Morgan fingerprint density at radius 3 is 2.85 bits per heavy atom. The molecule has 0 atom stereocenters. The highest BCUT2D eigenvalue weighted by Gasteiger charge is 2.16. The maximum Gasteiger partial charge on any atom is 0.253 e. The van der Waals surface area contributed by atoms with E-state index in [1.807, 2.05) is 0 Å². The van der Waals surface area contributed by atoms with Crippen LogP contribution in [0.3, 0.4) is 0 Å². The minimum Gasteiger partial charge on any atom is -0.385 e. The third-order valence-electron chi connectivity index (χ3n) is 3.55. The fourth-order valence-corrected chi connectivity index (χ4v) is 2.51. The smallest absolute Gasteiger partial charge is 0.253 e. The van der Waals surface area contributed by atoms with Crippen LogP contribution in [0.25, 0.3) is 0 Å². The lowest BCUT2D eigenvalue weighted by Gasteiger charge is -2.13. The van der Waals surface area contributed by atoms with Gasteiger partial charge >= 0.3 is 0 Å². The van der Waals surface area contributed by atoms with Crippen molar-refractivity contribution >= 4 is 11.6 Å². The zero-order valence-electron chi connectivity index (χ0n) is 11.7. The number of hydrogen-bond donors (Lipinski definition) is 2. The second-order valence-corrected chi connectivity index (χ2v) is 4.95. The molecule has 1 aliphatic carbocycles. The number of carbonyl (C=O) groups excluding carboxylic acids is 1. The van der Waals surface area contributed by atoms with E-state index in [9.17, 15) is 9.18 Å². The van der Waals surface area contributed by atoms with E-state index in [0.717, 1.165) is 12.8 Å². The number of nitrogens with one attached hydrogen (secondary N) is 2. The Bertz CT molecular complexity index is 459. The standard InChI is InChI=1S/C15H21FN2O2/c1-17-14-12(7-4-8-13(14)16)15(19)18-9-10-20-11-5-2-3-6-11/h4,7-8,11,17H,2-3,5-6,9-10H2,1H3,(H,18,19). The summed E-state index contributed by atoms with van der Waals surface area (Å²) >= 11 is 0. The Morgan fingerprint density at radius 1 is 1.40 bits per heavy atom. The molecule has 20 heavy (non-hydrogen) atoms. The Hall–Kier alpha value is -1.62. The summed E-state index contributed by atoms with van der Waals surface area (Å²) in [5, 5.41) is 5.47. The van der Waals surface area contributed by atoms with E-state index >= 15 is 0 Å². The van der Waals surface area contributed by atoms with Gasteiger partial charge in [0.1, 0.15) is 5.82 Å². The molecule has 1 aromatic rings. The van der Waals surface area contributed by atoms with Gasteiger partial charge in [0.25, 0.3) is 5.91 Å². The third-order valence-corrected chi connectivity index (χ3v) is 3.55. The molecule has 0 heterocycles. The molecule has 1 amide bonds. The first-order valence-electron chi connectivity index (χ1n) is 7.08. The predicted octanol–water partition coefficient (Wildman–Crippen LogP) is 2.56. The molecule has 5 heteroatoms. The topological polar surface area (TPSA) is 50.4 Å². The number of anilines is 1. The Labute approximate surface area is 118 Å². The molecule has 0 saturated heterocycles. The molecule has 0 aromatic heterocycles. The molecule has 0 radical (unpaired) electrons. The quantitative estimate of drug-likeness (QED) is 0.787. The fraction of sp³-hybridized carbons (Fsp3) is 0.533. The predicted molar refractivity (Wildman–Crippen MR) is 76.5 cm³/mol. The van der Waals surface area contributed by atoms with E-state index in [-0.39, 0.29) is 11.6 Å². The van der Waals surface area contributed by atoms with Crippen LogP contribution >= 0.6 is 0 Å². The lowest BCUT2D eigenvalue weighted by Crippen LogP contribution is -2.29. The van der Waals surface area contributed by atoms with Gasteiger partial charge < -0.3 is 15.4 Å². The number of hydrogen-bond acceptors (Lipinski definition) is 3. The van der Waals surface area contributed by atoms with Gasteiger partial charge in [0.15, 0.2) is 0 Å². The Morgan fingerprint density at radius 2 is 2.15 bits per heavy atom. The molecule has 1 fully saturated rings. The van der Waals surface area contributed by atoms with Crippen molar-refractivity contribution in [1.82, 2.24) is 5.32 Å². The van der Waals surface area contributed by atoms with Crippen LogP contribution in [-0.4, -0.2) is 32.2 Å². The SMILES string of the molecule is CNc1c(F)cccc1C(=O)NCCOC1CCCC1. The molecular formula is C15H21FN2O2. The van der Waals surface area contributed by atoms with E-state index < -0.39 is 5.82 Å². The number of ether oxygens (including phenoxy) is 1. The van der Waals surface area contributed by atoms with Crippen molar-refractivity contribution < 1.29 is 13.9 Å². The van der Waals surface area contributed by atoms with Crippen molar-refractivity contribution in [3.8, 4) is 0 Å². The van der Waals surface area contributed by atoms with Gasteiger partial charge in [-0.25, -0.2) is 4.39 Å². The molecule has 110 valence electrons. The molecule has 1 aliphatic rings. The minimum absolute atomic E-state index is 0.224. The minimum atomic E-state index is -0.428. The van der Waals surface area contributed by atoms with Crippen LogP contribution in [0.2, 0.25) is 0 Å². The van der Waals surface area contributed by atoms with E-state index in [2.05, 4.69) is 10.6 Å². The highest BCUT2D eigenvalue weighted by atomic mass is 19.1. The number of halogens is 1. The van der Waals surface area contributed by atoms with E-state index in [0.29, 0.717) is 24.8 Å². The molecular weight excluding hydrogens is 259 g/mol. The largest absolute Gasteiger partial charge is 0.385 e. The molecule has 2 rings (SSSR count). The summed E-state index contributed by atoms with van der Waals surface area (Å²) < 4.78 is 19.2. The van der Waals surface area contributed by atoms with Gasteiger partial charge in [0.2, 0.25) is 0 Å². The highest BCUT2D eigenvalue weighted by molar-refractivity contribution is 5.99. The molecule has 2 N–H and O–H groups in total. The second kappa shape index (κ2) is 7.24. The summed E-state index contributed by atoms with van der Waals surface area (Å²) in [4.78, 5) is 12.0. The summed E-state index contributed by atoms with van der Waals surface area (Å²) in [5.41, 5.74) is 0.537. The van der Waals surface area contributed by atoms with Crippen molar-refractivity contribution in [3.05, 3.63) is 29.6 Å². The van der Waals surface area contributed by atoms with Crippen LogP contribution in [0, 0.1) is 5.82 Å². The first kappa shape index (κ1) is 14.8.